The van der Waals surface area contributed by atoms with Gasteiger partial charge in [0.25, 0.3) is 5.56 Å². The van der Waals surface area contributed by atoms with Crippen molar-refractivity contribution in [1.82, 2.24) is 14.6 Å². The third-order valence-electron chi connectivity index (χ3n) is 4.79. The Morgan fingerprint density at radius 2 is 1.97 bits per heavy atom. The van der Waals surface area contributed by atoms with Crippen LogP contribution in [0.2, 0.25) is 10.0 Å². The zero-order valence-electron chi connectivity index (χ0n) is 17.8. The van der Waals surface area contributed by atoms with E-state index in [0.29, 0.717) is 55.0 Å². The molecule has 2 heterocycles. The van der Waals surface area contributed by atoms with Crippen LogP contribution < -0.4 is 19.6 Å². The number of methoxy groups -OCH3 is 1. The second-order valence-corrected chi connectivity index (χ2v) is 9.46. The summed E-state index contributed by atoms with van der Waals surface area (Å²) in [7, 11) is 1.60. The van der Waals surface area contributed by atoms with E-state index in [9.17, 15) is 4.79 Å². The predicted octanol–water partition coefficient (Wildman–Crippen LogP) is 5.11. The lowest BCUT2D eigenvalue weighted by atomic mass is 10.1. The first-order valence-electron chi connectivity index (χ1n) is 10.0. The van der Waals surface area contributed by atoms with Crippen LogP contribution in [0.15, 0.2) is 41.2 Å². The molecule has 0 fully saturated rings. The van der Waals surface area contributed by atoms with Crippen molar-refractivity contribution in [2.45, 2.75) is 20.3 Å². The van der Waals surface area contributed by atoms with Crippen molar-refractivity contribution in [3.63, 3.8) is 0 Å². The maximum absolute atomic E-state index is 12.9. The number of thiazole rings is 1. The van der Waals surface area contributed by atoms with Gasteiger partial charge in [0.15, 0.2) is 17.3 Å². The quantitative estimate of drug-likeness (QED) is 0.361. The number of nitrogens with zero attached hydrogens (tertiary/aromatic N) is 3. The zero-order valence-corrected chi connectivity index (χ0v) is 20.1. The van der Waals surface area contributed by atoms with E-state index in [2.05, 4.69) is 23.9 Å². The fourth-order valence-corrected chi connectivity index (χ4v) is 4.47. The maximum atomic E-state index is 12.9. The van der Waals surface area contributed by atoms with Crippen LogP contribution >= 0.6 is 34.5 Å². The average molecular weight is 490 g/mol. The molecular formula is C23H21Cl2N3O3S. The van der Waals surface area contributed by atoms with Crippen LogP contribution in [-0.2, 0) is 0 Å². The van der Waals surface area contributed by atoms with Gasteiger partial charge in [0.2, 0.25) is 4.96 Å². The van der Waals surface area contributed by atoms with Crippen molar-refractivity contribution >= 4 is 45.6 Å². The van der Waals surface area contributed by atoms with Crippen LogP contribution in [0.1, 0.15) is 25.8 Å². The van der Waals surface area contributed by atoms with E-state index in [1.165, 1.54) is 15.9 Å². The Balaban J connectivity index is 1.65. The van der Waals surface area contributed by atoms with Crippen LogP contribution in [0.25, 0.3) is 22.4 Å². The Kier molecular flexibility index (Phi) is 6.69. The summed E-state index contributed by atoms with van der Waals surface area (Å²) in [6, 6.07) is 10.7. The Labute approximate surface area is 199 Å². The summed E-state index contributed by atoms with van der Waals surface area (Å²) >= 11 is 13.5. The van der Waals surface area contributed by atoms with Crippen molar-refractivity contribution in [3.05, 3.63) is 66.9 Å². The molecule has 0 bridgehead atoms. The van der Waals surface area contributed by atoms with Crippen LogP contribution in [0.4, 0.5) is 0 Å². The second-order valence-electron chi connectivity index (χ2n) is 7.61. The van der Waals surface area contributed by atoms with Crippen molar-refractivity contribution in [3.8, 4) is 22.9 Å². The number of aromatic nitrogens is 3. The van der Waals surface area contributed by atoms with Gasteiger partial charge in [-0.2, -0.15) is 9.50 Å². The molecule has 0 aliphatic carbocycles. The molecule has 2 aromatic heterocycles. The number of benzene rings is 2. The first kappa shape index (κ1) is 22.6. The Bertz CT molecular complexity index is 1380. The van der Waals surface area contributed by atoms with E-state index in [-0.39, 0.29) is 5.56 Å². The third kappa shape index (κ3) is 4.75. The normalized spacial score (nSPS) is 12.1. The highest BCUT2D eigenvalue weighted by Crippen LogP contribution is 2.30. The molecule has 4 aromatic rings. The van der Waals surface area contributed by atoms with Gasteiger partial charge in [-0.3, -0.25) is 4.79 Å². The lowest BCUT2D eigenvalue weighted by molar-refractivity contribution is 0.273. The standard InChI is InChI=1S/C23H21Cl2N3O3S/c1-13(2)8-9-31-18-7-4-14(10-19(18)30-3)11-20-22(29)28-23(32-20)26-21(27-28)16-6-5-15(24)12-17(16)25/h4-7,10-13H,8-9H2,1-3H3/b20-11-. The predicted molar refractivity (Wildman–Crippen MR) is 129 cm³/mol. The van der Waals surface area contributed by atoms with Gasteiger partial charge < -0.3 is 9.47 Å². The number of fused-ring (bicyclic) bond motifs is 1. The smallest absolute Gasteiger partial charge is 0.291 e. The fourth-order valence-electron chi connectivity index (χ4n) is 3.07. The third-order valence-corrected chi connectivity index (χ3v) is 6.30. The van der Waals surface area contributed by atoms with E-state index in [1.54, 1.807) is 31.4 Å². The topological polar surface area (TPSA) is 65.7 Å². The van der Waals surface area contributed by atoms with Gasteiger partial charge in [0.05, 0.1) is 23.3 Å². The molecule has 4 rings (SSSR count). The molecule has 0 saturated heterocycles. The van der Waals surface area contributed by atoms with Crippen LogP contribution in [-0.4, -0.2) is 28.3 Å². The van der Waals surface area contributed by atoms with Gasteiger partial charge in [-0.25, -0.2) is 0 Å². The minimum absolute atomic E-state index is 0.245. The molecule has 0 saturated carbocycles. The van der Waals surface area contributed by atoms with Gasteiger partial charge in [-0.05, 0) is 54.3 Å². The minimum atomic E-state index is -0.245. The molecule has 0 aliphatic rings. The van der Waals surface area contributed by atoms with Crippen molar-refractivity contribution in [2.24, 2.45) is 5.92 Å². The van der Waals surface area contributed by atoms with Gasteiger partial charge in [-0.1, -0.05) is 54.5 Å². The van der Waals surface area contributed by atoms with E-state index < -0.39 is 0 Å². The molecule has 0 N–H and O–H groups in total. The summed E-state index contributed by atoms with van der Waals surface area (Å²) in [4.78, 5) is 17.8. The largest absolute Gasteiger partial charge is 0.493 e. The molecule has 0 spiro atoms. The first-order valence-corrected chi connectivity index (χ1v) is 11.6. The highest BCUT2D eigenvalue weighted by Gasteiger charge is 2.15. The molecule has 166 valence electrons. The summed E-state index contributed by atoms with van der Waals surface area (Å²) < 4.78 is 13.1. The first-order chi connectivity index (χ1) is 15.4. The van der Waals surface area contributed by atoms with Gasteiger partial charge in [0, 0.05) is 10.6 Å². The van der Waals surface area contributed by atoms with Crippen molar-refractivity contribution < 1.29 is 9.47 Å². The monoisotopic (exact) mass is 489 g/mol. The highest BCUT2D eigenvalue weighted by molar-refractivity contribution is 7.15. The van der Waals surface area contributed by atoms with Crippen LogP contribution in [0.5, 0.6) is 11.5 Å². The number of halogens is 2. The lowest BCUT2D eigenvalue weighted by Crippen LogP contribution is -2.23. The maximum Gasteiger partial charge on any atom is 0.291 e. The molecule has 32 heavy (non-hydrogen) atoms. The molecule has 6 nitrogen and oxygen atoms in total. The van der Waals surface area contributed by atoms with E-state index in [4.69, 9.17) is 32.7 Å². The summed E-state index contributed by atoms with van der Waals surface area (Å²) in [6.45, 7) is 4.92. The molecule has 9 heteroatoms. The lowest BCUT2D eigenvalue weighted by Gasteiger charge is -2.12. The fraction of sp³-hybridized carbons (Fsp3) is 0.261. The average Bonchev–Trinajstić information content (AvgIpc) is 3.28. The van der Waals surface area contributed by atoms with Gasteiger partial charge >= 0.3 is 0 Å². The Hall–Kier alpha value is -2.61. The second kappa shape index (κ2) is 9.48. The van der Waals surface area contributed by atoms with Crippen molar-refractivity contribution in [1.29, 1.82) is 0 Å². The number of hydrogen-bond acceptors (Lipinski definition) is 6. The van der Waals surface area contributed by atoms with Gasteiger partial charge in [-0.15, -0.1) is 5.10 Å². The molecule has 0 amide bonds. The van der Waals surface area contributed by atoms with Gasteiger partial charge in [0.1, 0.15) is 0 Å². The highest BCUT2D eigenvalue weighted by atomic mass is 35.5. The summed E-state index contributed by atoms with van der Waals surface area (Å²) in [6.07, 6.45) is 2.75. The SMILES string of the molecule is COc1cc(/C=c2\sc3nc(-c4ccc(Cl)cc4Cl)nn3c2=O)ccc1OCCC(C)C. The summed E-state index contributed by atoms with van der Waals surface area (Å²) in [5, 5.41) is 5.29. The molecule has 2 aromatic carbocycles. The number of hydrogen-bond donors (Lipinski definition) is 0. The molecule has 0 atom stereocenters. The zero-order chi connectivity index (χ0) is 22.8. The van der Waals surface area contributed by atoms with Crippen LogP contribution in [0.3, 0.4) is 0 Å². The van der Waals surface area contributed by atoms with E-state index in [0.717, 1.165) is 12.0 Å². The summed E-state index contributed by atoms with van der Waals surface area (Å²) in [5.74, 6) is 2.24. The minimum Gasteiger partial charge on any atom is -0.493 e. The van der Waals surface area contributed by atoms with E-state index in [1.807, 2.05) is 18.2 Å². The Morgan fingerprint density at radius 1 is 1.16 bits per heavy atom. The summed E-state index contributed by atoms with van der Waals surface area (Å²) in [5.41, 5.74) is 1.19. The Morgan fingerprint density at radius 3 is 2.66 bits per heavy atom. The van der Waals surface area contributed by atoms with Crippen LogP contribution in [0, 0.1) is 5.92 Å². The van der Waals surface area contributed by atoms with Crippen molar-refractivity contribution in [2.75, 3.05) is 13.7 Å². The molecule has 0 unspecified atom stereocenters. The molecular weight excluding hydrogens is 469 g/mol. The number of rotatable bonds is 7. The van der Waals surface area contributed by atoms with E-state index >= 15 is 0 Å². The molecule has 0 aliphatic heterocycles. The number of ether oxygens (including phenoxy) is 2. The molecule has 0 radical (unpaired) electrons.